The number of primary amides is 1. The minimum Gasteiger partial charge on any atom is -0.497 e. The molecule has 0 aliphatic carbocycles. The third-order valence-corrected chi connectivity index (χ3v) is 8.65. The van der Waals surface area contributed by atoms with Crippen LogP contribution in [0.4, 0.5) is 5.69 Å². The van der Waals surface area contributed by atoms with Crippen LogP contribution in [-0.2, 0) is 13.0 Å². The second kappa shape index (κ2) is 13.2. The molecule has 8 heteroatoms. The lowest BCUT2D eigenvalue weighted by Crippen LogP contribution is -2.47. The maximum atomic E-state index is 12.1. The molecule has 1 aliphatic heterocycles. The van der Waals surface area contributed by atoms with Crippen molar-refractivity contribution in [3.05, 3.63) is 87.7 Å². The van der Waals surface area contributed by atoms with Crippen molar-refractivity contribution in [3.63, 3.8) is 0 Å². The zero-order valence-corrected chi connectivity index (χ0v) is 24.8. The summed E-state index contributed by atoms with van der Waals surface area (Å²) in [5, 5.41) is 9.84. The molecule has 0 unspecified atom stereocenters. The summed E-state index contributed by atoms with van der Waals surface area (Å²) in [6.07, 6.45) is 7.21. The summed E-state index contributed by atoms with van der Waals surface area (Å²) >= 11 is 0. The molecule has 1 fully saturated rings. The summed E-state index contributed by atoms with van der Waals surface area (Å²) in [7, 11) is 1.68. The fourth-order valence-electron chi connectivity index (χ4n) is 6.14. The Morgan fingerprint density at radius 1 is 1.12 bits per heavy atom. The highest BCUT2D eigenvalue weighted by atomic mass is 16.5. The van der Waals surface area contributed by atoms with Crippen molar-refractivity contribution in [1.82, 2.24) is 9.88 Å². The molecule has 3 aromatic rings. The number of aryl methyl sites for hydroxylation is 2. The molecule has 1 amide bonds. The SMILES string of the molecule is COc1ccc(N(Cc2cnccc2C)C2CCN([C@H](C)CCc3c(C(=O)O)cc(C)c(C(N)=O)c3C)CC2)cc1. The van der Waals surface area contributed by atoms with Crippen LogP contribution in [0.1, 0.15) is 74.7 Å². The summed E-state index contributed by atoms with van der Waals surface area (Å²) in [6, 6.07) is 12.6. The molecule has 0 bridgehead atoms. The van der Waals surface area contributed by atoms with Gasteiger partial charge in [-0.1, -0.05) is 0 Å². The van der Waals surface area contributed by atoms with Gasteiger partial charge in [-0.25, -0.2) is 4.79 Å². The van der Waals surface area contributed by atoms with Gasteiger partial charge < -0.3 is 25.4 Å². The second-order valence-electron chi connectivity index (χ2n) is 11.2. The number of carbonyl (C=O) groups is 2. The van der Waals surface area contributed by atoms with Gasteiger partial charge >= 0.3 is 5.97 Å². The van der Waals surface area contributed by atoms with Crippen LogP contribution in [0.25, 0.3) is 0 Å². The van der Waals surface area contributed by atoms with Gasteiger partial charge in [-0.05, 0) is 118 Å². The summed E-state index contributed by atoms with van der Waals surface area (Å²) in [6.45, 7) is 10.6. The molecule has 8 nitrogen and oxygen atoms in total. The molecule has 0 saturated carbocycles. The Morgan fingerprint density at radius 3 is 2.39 bits per heavy atom. The molecule has 1 aliphatic rings. The van der Waals surface area contributed by atoms with Gasteiger partial charge in [0.25, 0.3) is 0 Å². The molecule has 0 spiro atoms. The van der Waals surface area contributed by atoms with Gasteiger partial charge in [-0.15, -0.1) is 0 Å². The van der Waals surface area contributed by atoms with Crippen LogP contribution in [0.15, 0.2) is 48.8 Å². The maximum absolute atomic E-state index is 12.1. The van der Waals surface area contributed by atoms with E-state index in [0.29, 0.717) is 34.7 Å². The van der Waals surface area contributed by atoms with E-state index in [4.69, 9.17) is 10.5 Å². The molecule has 4 rings (SSSR count). The molecule has 41 heavy (non-hydrogen) atoms. The van der Waals surface area contributed by atoms with Crippen LogP contribution in [-0.4, -0.2) is 59.1 Å². The van der Waals surface area contributed by atoms with Crippen LogP contribution >= 0.6 is 0 Å². The zero-order valence-electron chi connectivity index (χ0n) is 24.8. The number of aromatic nitrogens is 1. The average Bonchev–Trinajstić information content (AvgIpc) is 2.96. The number of aromatic carboxylic acids is 1. The van der Waals surface area contributed by atoms with Gasteiger partial charge in [0.2, 0.25) is 5.91 Å². The number of piperidine rings is 1. The number of pyridine rings is 1. The monoisotopic (exact) mass is 558 g/mol. The summed E-state index contributed by atoms with van der Waals surface area (Å²) in [5.74, 6) is -0.651. The van der Waals surface area contributed by atoms with Crippen LogP contribution in [0, 0.1) is 20.8 Å². The predicted molar refractivity (Wildman–Crippen MR) is 162 cm³/mol. The first-order chi connectivity index (χ1) is 19.6. The van der Waals surface area contributed by atoms with Crippen molar-refractivity contribution in [2.45, 2.75) is 72.0 Å². The Hall–Kier alpha value is -3.91. The lowest BCUT2D eigenvalue weighted by atomic mass is 9.89. The van der Waals surface area contributed by atoms with E-state index >= 15 is 0 Å². The fraction of sp³-hybridized carbons (Fsp3) is 0.424. The van der Waals surface area contributed by atoms with Crippen molar-refractivity contribution in [3.8, 4) is 5.75 Å². The standard InChI is InChI=1S/C33H42N4O4/c1-21-12-15-35-19-25(21)20-37(26-7-9-28(41-5)10-8-26)27-13-16-36(17-14-27)23(3)6-11-29-24(4)31(32(34)38)22(2)18-30(29)33(39)40/h7-10,12,15,18-19,23,27H,6,11,13-14,16-17,20H2,1-5H3,(H2,34,38)(H,39,40)/t23-/m1/s1. The number of nitrogens with two attached hydrogens (primary N) is 1. The van der Waals surface area contributed by atoms with Gasteiger partial charge in [-0.2, -0.15) is 0 Å². The number of likely N-dealkylation sites (tertiary alicyclic amines) is 1. The highest BCUT2D eigenvalue weighted by Gasteiger charge is 2.28. The number of amides is 1. The topological polar surface area (TPSA) is 109 Å². The molecule has 2 heterocycles. The van der Waals surface area contributed by atoms with Gasteiger partial charge in [0.05, 0.1) is 12.7 Å². The number of anilines is 1. The predicted octanol–water partition coefficient (Wildman–Crippen LogP) is 5.30. The number of carboxylic acid groups (broad SMARTS) is 1. The normalized spacial score (nSPS) is 15.0. The molecule has 218 valence electrons. The fourth-order valence-corrected chi connectivity index (χ4v) is 6.14. The minimum absolute atomic E-state index is 0.261. The lowest BCUT2D eigenvalue weighted by Gasteiger charge is -2.42. The first kappa shape index (κ1) is 30.1. The Morgan fingerprint density at radius 2 is 1.80 bits per heavy atom. The van der Waals surface area contributed by atoms with Crippen LogP contribution in [0.2, 0.25) is 0 Å². The highest BCUT2D eigenvalue weighted by Crippen LogP contribution is 2.30. The number of hydrogen-bond acceptors (Lipinski definition) is 6. The summed E-state index contributed by atoms with van der Waals surface area (Å²) < 4.78 is 5.39. The number of benzene rings is 2. The largest absolute Gasteiger partial charge is 0.497 e. The molecule has 2 aromatic carbocycles. The Balaban J connectivity index is 1.46. The summed E-state index contributed by atoms with van der Waals surface area (Å²) in [5.41, 5.74) is 11.9. The lowest BCUT2D eigenvalue weighted by molar-refractivity contribution is 0.0694. The smallest absolute Gasteiger partial charge is 0.335 e. The van der Waals surface area contributed by atoms with Gasteiger partial charge in [0.15, 0.2) is 0 Å². The van der Waals surface area contributed by atoms with E-state index in [1.165, 1.54) is 16.8 Å². The van der Waals surface area contributed by atoms with E-state index in [9.17, 15) is 14.7 Å². The minimum atomic E-state index is -0.974. The van der Waals surface area contributed by atoms with E-state index in [1.54, 1.807) is 20.1 Å². The van der Waals surface area contributed by atoms with Gasteiger partial charge in [-0.3, -0.25) is 9.78 Å². The Kier molecular flexibility index (Phi) is 9.65. The molecular weight excluding hydrogens is 516 g/mol. The van der Waals surface area contributed by atoms with E-state index in [1.807, 2.05) is 31.5 Å². The number of ether oxygens (including phenoxy) is 1. The average molecular weight is 559 g/mol. The maximum Gasteiger partial charge on any atom is 0.335 e. The van der Waals surface area contributed by atoms with E-state index < -0.39 is 11.9 Å². The number of hydrogen-bond donors (Lipinski definition) is 2. The van der Waals surface area contributed by atoms with Crippen molar-refractivity contribution in [2.24, 2.45) is 5.73 Å². The van der Waals surface area contributed by atoms with Crippen LogP contribution in [0.5, 0.6) is 5.75 Å². The molecule has 1 aromatic heterocycles. The summed E-state index contributed by atoms with van der Waals surface area (Å²) in [4.78, 5) is 33.4. The number of nitrogens with zero attached hydrogens (tertiary/aromatic N) is 3. The molecule has 3 N–H and O–H groups in total. The van der Waals surface area contributed by atoms with Gasteiger partial charge in [0.1, 0.15) is 5.75 Å². The third kappa shape index (κ3) is 6.88. The van der Waals surface area contributed by atoms with Crippen LogP contribution in [0.3, 0.4) is 0 Å². The number of methoxy groups -OCH3 is 1. The molecule has 0 radical (unpaired) electrons. The quantitative estimate of drug-likeness (QED) is 0.329. The van der Waals surface area contributed by atoms with E-state index in [-0.39, 0.29) is 11.6 Å². The number of rotatable bonds is 11. The Bertz CT molecular complexity index is 1380. The first-order valence-corrected chi connectivity index (χ1v) is 14.3. The van der Waals surface area contributed by atoms with Crippen molar-refractivity contribution < 1.29 is 19.4 Å². The van der Waals surface area contributed by atoms with Crippen molar-refractivity contribution >= 4 is 17.6 Å². The first-order valence-electron chi connectivity index (χ1n) is 14.3. The Labute approximate surface area is 243 Å². The van der Waals surface area contributed by atoms with Crippen molar-refractivity contribution in [1.29, 1.82) is 0 Å². The number of carbonyl (C=O) groups excluding carboxylic acids is 1. The van der Waals surface area contributed by atoms with Crippen LogP contribution < -0.4 is 15.4 Å². The molecule has 1 saturated heterocycles. The third-order valence-electron chi connectivity index (χ3n) is 8.65. The zero-order chi connectivity index (χ0) is 29.7. The van der Waals surface area contributed by atoms with E-state index in [0.717, 1.165) is 44.6 Å². The molecular formula is C33H42N4O4. The second-order valence-corrected chi connectivity index (χ2v) is 11.2. The molecule has 1 atom stereocenters. The van der Waals surface area contributed by atoms with E-state index in [2.05, 4.69) is 46.8 Å². The highest BCUT2D eigenvalue weighted by molar-refractivity contribution is 5.99. The van der Waals surface area contributed by atoms with Crippen molar-refractivity contribution in [2.75, 3.05) is 25.1 Å². The number of carboxylic acids is 1. The van der Waals surface area contributed by atoms with Gasteiger partial charge in [0, 0.05) is 55.4 Å².